The van der Waals surface area contributed by atoms with Crippen LogP contribution in [0.25, 0.3) is 0 Å². The molecule has 1 aromatic carbocycles. The van der Waals surface area contributed by atoms with Crippen molar-refractivity contribution < 1.29 is 14.3 Å². The van der Waals surface area contributed by atoms with E-state index in [1.165, 1.54) is 4.88 Å². The summed E-state index contributed by atoms with van der Waals surface area (Å²) in [5.41, 5.74) is 5.17. The Labute approximate surface area is 175 Å². The third kappa shape index (κ3) is 4.77. The molecule has 3 rings (SSSR count). The van der Waals surface area contributed by atoms with Crippen LogP contribution in [-0.4, -0.2) is 23.1 Å². The van der Waals surface area contributed by atoms with E-state index in [1.54, 1.807) is 11.3 Å². The molecule has 0 bridgehead atoms. The van der Waals surface area contributed by atoms with E-state index in [4.69, 9.17) is 4.74 Å². The number of hydrogen-bond acceptors (Lipinski definition) is 4. The fourth-order valence-electron chi connectivity index (χ4n) is 3.40. The van der Waals surface area contributed by atoms with Crippen LogP contribution in [0.15, 0.2) is 41.8 Å². The van der Waals surface area contributed by atoms with Gasteiger partial charge in [0.05, 0.1) is 12.1 Å². The molecule has 1 amide bonds. The van der Waals surface area contributed by atoms with E-state index in [1.807, 2.05) is 63.4 Å². The van der Waals surface area contributed by atoms with Gasteiger partial charge in [-0.15, -0.1) is 11.3 Å². The first-order valence-corrected chi connectivity index (χ1v) is 10.5. The number of aromatic nitrogens is 1. The summed E-state index contributed by atoms with van der Waals surface area (Å²) in [5.74, 6) is -0.819. The van der Waals surface area contributed by atoms with E-state index >= 15 is 0 Å². The lowest BCUT2D eigenvalue weighted by molar-refractivity contribution is -0.119. The van der Waals surface area contributed by atoms with E-state index in [0.29, 0.717) is 5.56 Å². The maximum atomic E-state index is 12.6. The number of para-hydroxylation sites is 1. The summed E-state index contributed by atoms with van der Waals surface area (Å²) in [6.07, 6.45) is 0.813. The predicted molar refractivity (Wildman–Crippen MR) is 117 cm³/mol. The van der Waals surface area contributed by atoms with Crippen molar-refractivity contribution in [1.82, 2.24) is 4.57 Å². The fraction of sp³-hybridized carbons (Fsp3) is 0.304. The number of rotatable bonds is 7. The SMILES string of the molecule is CCc1cccc(C)c1NC(=O)COC(=O)c1cc(C)n(Cc2cccs2)c1C. The largest absolute Gasteiger partial charge is 0.452 e. The summed E-state index contributed by atoms with van der Waals surface area (Å²) in [6, 6.07) is 11.8. The first-order valence-electron chi connectivity index (χ1n) is 9.65. The molecule has 0 aliphatic carbocycles. The van der Waals surface area contributed by atoms with Crippen molar-refractivity contribution in [3.8, 4) is 0 Å². The van der Waals surface area contributed by atoms with Gasteiger partial charge in [0.1, 0.15) is 0 Å². The average Bonchev–Trinajstić information content (AvgIpc) is 3.31. The lowest BCUT2D eigenvalue weighted by Crippen LogP contribution is -2.22. The van der Waals surface area contributed by atoms with Gasteiger partial charge < -0.3 is 14.6 Å². The lowest BCUT2D eigenvalue weighted by atomic mass is 10.1. The first-order chi connectivity index (χ1) is 13.9. The minimum atomic E-state index is -0.480. The van der Waals surface area contributed by atoms with Crippen LogP contribution in [0.1, 0.15) is 44.7 Å². The number of ether oxygens (including phenoxy) is 1. The fourth-order valence-corrected chi connectivity index (χ4v) is 4.09. The van der Waals surface area contributed by atoms with Gasteiger partial charge in [-0.2, -0.15) is 0 Å². The lowest BCUT2D eigenvalue weighted by Gasteiger charge is -2.13. The number of benzene rings is 1. The van der Waals surface area contributed by atoms with Crippen molar-refractivity contribution in [3.63, 3.8) is 0 Å². The highest BCUT2D eigenvalue weighted by Crippen LogP contribution is 2.22. The highest BCUT2D eigenvalue weighted by Gasteiger charge is 2.19. The number of amides is 1. The average molecular weight is 411 g/mol. The Balaban J connectivity index is 1.65. The number of carbonyl (C=O) groups excluding carboxylic acids is 2. The van der Waals surface area contributed by atoms with Crippen LogP contribution in [0.3, 0.4) is 0 Å². The van der Waals surface area contributed by atoms with Crippen LogP contribution >= 0.6 is 11.3 Å². The molecule has 0 saturated carbocycles. The number of aryl methyl sites for hydroxylation is 3. The third-order valence-electron chi connectivity index (χ3n) is 5.03. The Kier molecular flexibility index (Phi) is 6.54. The molecule has 0 aliphatic rings. The second-order valence-electron chi connectivity index (χ2n) is 7.04. The molecule has 2 heterocycles. The Morgan fingerprint density at radius 3 is 2.62 bits per heavy atom. The standard InChI is InChI=1S/C23H26N2O3S/c1-5-18-9-6-8-15(2)22(18)24-21(26)14-28-23(27)20-12-16(3)25(17(20)4)13-19-10-7-11-29-19/h6-12H,5,13-14H2,1-4H3,(H,24,26). The van der Waals surface area contributed by atoms with Gasteiger partial charge in [0, 0.05) is 22.0 Å². The summed E-state index contributed by atoms with van der Waals surface area (Å²) in [5, 5.41) is 4.91. The quantitative estimate of drug-likeness (QED) is 0.565. The van der Waals surface area contributed by atoms with Crippen LogP contribution < -0.4 is 5.32 Å². The van der Waals surface area contributed by atoms with E-state index in [0.717, 1.165) is 41.2 Å². The minimum absolute atomic E-state index is 0.315. The maximum Gasteiger partial charge on any atom is 0.340 e. The Morgan fingerprint density at radius 1 is 1.14 bits per heavy atom. The van der Waals surface area contributed by atoms with Crippen molar-refractivity contribution in [2.45, 2.75) is 40.7 Å². The maximum absolute atomic E-state index is 12.6. The number of carbonyl (C=O) groups is 2. The molecule has 5 nitrogen and oxygen atoms in total. The van der Waals surface area contributed by atoms with Crippen LogP contribution in [0.5, 0.6) is 0 Å². The topological polar surface area (TPSA) is 60.3 Å². The minimum Gasteiger partial charge on any atom is -0.452 e. The molecule has 29 heavy (non-hydrogen) atoms. The first kappa shape index (κ1) is 20.9. The summed E-state index contributed by atoms with van der Waals surface area (Å²) in [6.45, 7) is 8.26. The summed E-state index contributed by atoms with van der Waals surface area (Å²) >= 11 is 1.68. The zero-order valence-electron chi connectivity index (χ0n) is 17.2. The molecule has 0 atom stereocenters. The van der Waals surface area contributed by atoms with Gasteiger partial charge in [-0.05, 0) is 55.8 Å². The number of thiophene rings is 1. The molecular weight excluding hydrogens is 384 g/mol. The zero-order chi connectivity index (χ0) is 21.0. The number of esters is 1. The van der Waals surface area contributed by atoms with Crippen molar-refractivity contribution in [2.75, 3.05) is 11.9 Å². The molecule has 0 saturated heterocycles. The van der Waals surface area contributed by atoms with Crippen LogP contribution in [0.4, 0.5) is 5.69 Å². The molecule has 0 radical (unpaired) electrons. The number of anilines is 1. The molecule has 3 aromatic rings. The van der Waals surface area contributed by atoms with Crippen molar-refractivity contribution in [1.29, 1.82) is 0 Å². The molecule has 1 N–H and O–H groups in total. The zero-order valence-corrected chi connectivity index (χ0v) is 18.1. The van der Waals surface area contributed by atoms with E-state index in [2.05, 4.69) is 16.0 Å². The highest BCUT2D eigenvalue weighted by atomic mass is 32.1. The van der Waals surface area contributed by atoms with Gasteiger partial charge in [0.15, 0.2) is 6.61 Å². The number of hydrogen-bond donors (Lipinski definition) is 1. The van der Waals surface area contributed by atoms with E-state index < -0.39 is 5.97 Å². The number of nitrogens with one attached hydrogen (secondary N) is 1. The van der Waals surface area contributed by atoms with Gasteiger partial charge in [0.25, 0.3) is 5.91 Å². The van der Waals surface area contributed by atoms with Gasteiger partial charge in [0.2, 0.25) is 0 Å². The summed E-state index contributed by atoms with van der Waals surface area (Å²) in [4.78, 5) is 26.1. The Hall–Kier alpha value is -2.86. The highest BCUT2D eigenvalue weighted by molar-refractivity contribution is 7.09. The summed E-state index contributed by atoms with van der Waals surface area (Å²) < 4.78 is 7.38. The van der Waals surface area contributed by atoms with Crippen LogP contribution in [-0.2, 0) is 22.5 Å². The monoisotopic (exact) mass is 410 g/mol. The molecule has 0 aliphatic heterocycles. The van der Waals surface area contributed by atoms with Gasteiger partial charge in [-0.25, -0.2) is 4.79 Å². The number of nitrogens with zero attached hydrogens (tertiary/aromatic N) is 1. The van der Waals surface area contributed by atoms with Crippen LogP contribution in [0, 0.1) is 20.8 Å². The van der Waals surface area contributed by atoms with Crippen molar-refractivity contribution in [2.24, 2.45) is 0 Å². The summed E-state index contributed by atoms with van der Waals surface area (Å²) in [7, 11) is 0. The van der Waals surface area contributed by atoms with Crippen molar-refractivity contribution in [3.05, 3.63) is 74.7 Å². The van der Waals surface area contributed by atoms with E-state index in [-0.39, 0.29) is 12.5 Å². The smallest absolute Gasteiger partial charge is 0.340 e. The molecule has 0 spiro atoms. The second kappa shape index (κ2) is 9.09. The van der Waals surface area contributed by atoms with Crippen molar-refractivity contribution >= 4 is 28.9 Å². The van der Waals surface area contributed by atoms with Gasteiger partial charge >= 0.3 is 5.97 Å². The molecule has 0 unspecified atom stereocenters. The second-order valence-corrected chi connectivity index (χ2v) is 8.07. The van der Waals surface area contributed by atoms with E-state index in [9.17, 15) is 9.59 Å². The Bertz CT molecular complexity index is 1020. The molecule has 2 aromatic heterocycles. The molecule has 0 fully saturated rings. The van der Waals surface area contributed by atoms with Gasteiger partial charge in [-0.3, -0.25) is 4.79 Å². The normalized spacial score (nSPS) is 10.8. The molecule has 6 heteroatoms. The third-order valence-corrected chi connectivity index (χ3v) is 5.89. The predicted octanol–water partition coefficient (Wildman–Crippen LogP) is 4.88. The van der Waals surface area contributed by atoms with Crippen LogP contribution in [0.2, 0.25) is 0 Å². The Morgan fingerprint density at radius 2 is 1.93 bits per heavy atom. The molecule has 152 valence electrons. The van der Waals surface area contributed by atoms with Gasteiger partial charge in [-0.1, -0.05) is 31.2 Å². The molecular formula is C23H26N2O3S.